The Bertz CT molecular complexity index is 671. The van der Waals surface area contributed by atoms with E-state index in [-0.39, 0.29) is 11.8 Å². The van der Waals surface area contributed by atoms with Crippen LogP contribution in [0.25, 0.3) is 5.52 Å². The predicted molar refractivity (Wildman–Crippen MR) is 73.0 cm³/mol. The molecule has 3 heterocycles. The van der Waals surface area contributed by atoms with Gasteiger partial charge in [-0.05, 0) is 18.6 Å². The number of aromatic nitrogens is 2. The van der Waals surface area contributed by atoms with E-state index >= 15 is 0 Å². The average molecular weight is 256 g/mol. The molecule has 5 nitrogen and oxygen atoms in total. The average Bonchev–Trinajstić information content (AvgIpc) is 2.77. The van der Waals surface area contributed by atoms with Crippen LogP contribution >= 0.6 is 0 Å². The van der Waals surface area contributed by atoms with Gasteiger partial charge in [-0.15, -0.1) is 0 Å². The number of nitrogens with one attached hydrogen (secondary N) is 1. The summed E-state index contributed by atoms with van der Waals surface area (Å²) in [5.41, 5.74) is 6.64. The molecule has 2 aromatic heterocycles. The number of hydrogen-bond donors (Lipinski definition) is 1. The van der Waals surface area contributed by atoms with E-state index in [1.165, 1.54) is 0 Å². The number of amides is 1. The first-order valence-corrected chi connectivity index (χ1v) is 6.53. The first-order chi connectivity index (χ1) is 9.20. The summed E-state index contributed by atoms with van der Waals surface area (Å²) in [6, 6.07) is 5.98. The van der Waals surface area contributed by atoms with Crippen LogP contribution in [0, 0.1) is 5.92 Å². The van der Waals surface area contributed by atoms with Gasteiger partial charge in [-0.3, -0.25) is 4.79 Å². The summed E-state index contributed by atoms with van der Waals surface area (Å²) in [7, 11) is 0. The highest BCUT2D eigenvalue weighted by Gasteiger charge is 2.26. The van der Waals surface area contributed by atoms with E-state index in [1.807, 2.05) is 35.8 Å². The lowest BCUT2D eigenvalue weighted by Gasteiger charge is -2.19. The standard InChI is InChI=1S/C14H16N4O/c1-3-10-13(11-6-4-5-7-18(11)17-10)14-9(2)8-12(19)15-16-14/h4-7,9H,3,8H2,1-2H3,(H,15,19). The van der Waals surface area contributed by atoms with Crippen molar-refractivity contribution in [3.8, 4) is 0 Å². The lowest BCUT2D eigenvalue weighted by atomic mass is 9.92. The molecule has 1 aliphatic heterocycles. The van der Waals surface area contributed by atoms with Crippen molar-refractivity contribution in [1.29, 1.82) is 0 Å². The zero-order valence-corrected chi connectivity index (χ0v) is 11.1. The fourth-order valence-electron chi connectivity index (χ4n) is 2.53. The maximum atomic E-state index is 11.4. The molecule has 0 radical (unpaired) electrons. The van der Waals surface area contributed by atoms with E-state index in [4.69, 9.17) is 0 Å². The number of nitrogens with zero attached hydrogens (tertiary/aromatic N) is 3. The van der Waals surface area contributed by atoms with E-state index in [2.05, 4.69) is 22.5 Å². The fraction of sp³-hybridized carbons (Fsp3) is 0.357. The van der Waals surface area contributed by atoms with Gasteiger partial charge in [0.1, 0.15) is 0 Å². The number of rotatable bonds is 2. The Morgan fingerprint density at radius 1 is 1.47 bits per heavy atom. The highest BCUT2D eigenvalue weighted by atomic mass is 16.2. The van der Waals surface area contributed by atoms with Crippen molar-refractivity contribution in [2.24, 2.45) is 11.0 Å². The number of aryl methyl sites for hydroxylation is 1. The first-order valence-electron chi connectivity index (χ1n) is 6.53. The van der Waals surface area contributed by atoms with Crippen LogP contribution in [0.5, 0.6) is 0 Å². The van der Waals surface area contributed by atoms with Crippen molar-refractivity contribution in [2.45, 2.75) is 26.7 Å². The van der Waals surface area contributed by atoms with Gasteiger partial charge in [0, 0.05) is 24.1 Å². The van der Waals surface area contributed by atoms with Crippen LogP contribution in [0.2, 0.25) is 0 Å². The minimum absolute atomic E-state index is 0.0224. The van der Waals surface area contributed by atoms with Crippen LogP contribution in [-0.2, 0) is 11.2 Å². The molecule has 1 amide bonds. The minimum atomic E-state index is -0.0224. The van der Waals surface area contributed by atoms with Crippen molar-refractivity contribution < 1.29 is 4.79 Å². The lowest BCUT2D eigenvalue weighted by molar-refractivity contribution is -0.121. The van der Waals surface area contributed by atoms with Crippen LogP contribution < -0.4 is 5.43 Å². The molecule has 1 N–H and O–H groups in total. The summed E-state index contributed by atoms with van der Waals surface area (Å²) in [4.78, 5) is 11.4. The van der Waals surface area contributed by atoms with Gasteiger partial charge in [-0.25, -0.2) is 9.94 Å². The summed E-state index contributed by atoms with van der Waals surface area (Å²) in [5, 5.41) is 8.84. The van der Waals surface area contributed by atoms with Crippen LogP contribution in [0.1, 0.15) is 31.5 Å². The van der Waals surface area contributed by atoms with Crippen LogP contribution in [-0.4, -0.2) is 21.2 Å². The molecule has 98 valence electrons. The van der Waals surface area contributed by atoms with Crippen molar-refractivity contribution in [3.05, 3.63) is 35.7 Å². The largest absolute Gasteiger partial charge is 0.273 e. The summed E-state index contributed by atoms with van der Waals surface area (Å²) < 4.78 is 1.87. The van der Waals surface area contributed by atoms with E-state index in [1.54, 1.807) is 0 Å². The fourth-order valence-corrected chi connectivity index (χ4v) is 2.53. The monoisotopic (exact) mass is 256 g/mol. The Hall–Kier alpha value is -2.17. The molecule has 0 aliphatic carbocycles. The molecule has 19 heavy (non-hydrogen) atoms. The molecule has 0 saturated carbocycles. The predicted octanol–water partition coefficient (Wildman–Crippen LogP) is 1.76. The second-order valence-corrected chi connectivity index (χ2v) is 4.84. The summed E-state index contributed by atoms with van der Waals surface area (Å²) in [5.74, 6) is 0.0954. The highest BCUT2D eigenvalue weighted by molar-refractivity contribution is 6.10. The van der Waals surface area contributed by atoms with Gasteiger partial charge in [-0.1, -0.05) is 19.9 Å². The Balaban J connectivity index is 2.21. The van der Waals surface area contributed by atoms with Gasteiger partial charge >= 0.3 is 0 Å². The number of hydrogen-bond acceptors (Lipinski definition) is 3. The van der Waals surface area contributed by atoms with Crippen LogP contribution in [0.3, 0.4) is 0 Å². The highest BCUT2D eigenvalue weighted by Crippen LogP contribution is 2.24. The van der Waals surface area contributed by atoms with Crippen LogP contribution in [0.4, 0.5) is 0 Å². The van der Waals surface area contributed by atoms with E-state index in [0.717, 1.165) is 28.9 Å². The van der Waals surface area contributed by atoms with Gasteiger partial charge in [0.05, 0.1) is 16.9 Å². The third-order valence-corrected chi connectivity index (χ3v) is 3.46. The minimum Gasteiger partial charge on any atom is -0.273 e. The van der Waals surface area contributed by atoms with Gasteiger partial charge in [0.25, 0.3) is 0 Å². The third-order valence-electron chi connectivity index (χ3n) is 3.46. The topological polar surface area (TPSA) is 58.8 Å². The Morgan fingerprint density at radius 2 is 2.32 bits per heavy atom. The molecule has 1 atom stereocenters. The molecular weight excluding hydrogens is 240 g/mol. The number of pyridine rings is 1. The molecule has 0 fully saturated rings. The smallest absolute Gasteiger partial charge is 0.240 e. The second kappa shape index (κ2) is 4.50. The zero-order valence-electron chi connectivity index (χ0n) is 11.1. The van der Waals surface area contributed by atoms with E-state index in [0.29, 0.717) is 6.42 Å². The van der Waals surface area contributed by atoms with Gasteiger partial charge in [0.15, 0.2) is 0 Å². The Kier molecular flexibility index (Phi) is 2.81. The van der Waals surface area contributed by atoms with Gasteiger partial charge in [0.2, 0.25) is 5.91 Å². The summed E-state index contributed by atoms with van der Waals surface area (Å²) >= 11 is 0. The number of hydrazone groups is 1. The van der Waals surface area contributed by atoms with Crippen molar-refractivity contribution in [2.75, 3.05) is 0 Å². The zero-order chi connectivity index (χ0) is 13.4. The molecule has 1 aliphatic rings. The normalized spacial score (nSPS) is 19.4. The van der Waals surface area contributed by atoms with Crippen molar-refractivity contribution >= 4 is 17.1 Å². The molecule has 0 bridgehead atoms. The van der Waals surface area contributed by atoms with E-state index < -0.39 is 0 Å². The number of fused-ring (bicyclic) bond motifs is 1. The van der Waals surface area contributed by atoms with Crippen molar-refractivity contribution in [3.63, 3.8) is 0 Å². The molecule has 0 saturated heterocycles. The molecule has 0 aromatic carbocycles. The molecule has 1 unspecified atom stereocenters. The summed E-state index contributed by atoms with van der Waals surface area (Å²) in [6.07, 6.45) is 3.26. The molecule has 5 heteroatoms. The van der Waals surface area contributed by atoms with Crippen LogP contribution in [0.15, 0.2) is 29.5 Å². The Labute approximate surface area is 111 Å². The molecule has 2 aromatic rings. The first kappa shape index (κ1) is 11.9. The maximum Gasteiger partial charge on any atom is 0.240 e. The van der Waals surface area contributed by atoms with Crippen molar-refractivity contribution in [1.82, 2.24) is 15.0 Å². The third kappa shape index (κ3) is 1.91. The molecule has 0 spiro atoms. The SMILES string of the molecule is CCc1nn2ccccc2c1C1=NNC(=O)CC1C. The molecular formula is C14H16N4O. The lowest BCUT2D eigenvalue weighted by Crippen LogP contribution is -2.32. The van der Waals surface area contributed by atoms with Gasteiger partial charge in [-0.2, -0.15) is 10.2 Å². The number of carbonyl (C=O) groups excluding carboxylic acids is 1. The van der Waals surface area contributed by atoms with Gasteiger partial charge < -0.3 is 0 Å². The van der Waals surface area contributed by atoms with E-state index in [9.17, 15) is 4.79 Å². The summed E-state index contributed by atoms with van der Waals surface area (Å²) in [6.45, 7) is 4.11. The Morgan fingerprint density at radius 3 is 3.05 bits per heavy atom. The quantitative estimate of drug-likeness (QED) is 0.890. The number of carbonyl (C=O) groups is 1. The molecule has 3 rings (SSSR count). The second-order valence-electron chi connectivity index (χ2n) is 4.84. The maximum absolute atomic E-state index is 11.4.